The van der Waals surface area contributed by atoms with E-state index in [9.17, 15) is 18.3 Å². The minimum atomic E-state index is -3.76. The number of fused-ring (bicyclic) bond motifs is 1. The number of nitrogens with zero attached hydrogens (tertiary/aromatic N) is 1. The Morgan fingerprint density at radius 2 is 1.74 bits per heavy atom. The minimum absolute atomic E-state index is 0.118. The van der Waals surface area contributed by atoms with E-state index in [0.717, 1.165) is 10.0 Å². The SMILES string of the molecule is Cc1ccc(S(=O)(=O)Nc2cccc(-c3cc(C(=O)O)c4cc(Br)ccc4n3)c2)cc1. The van der Waals surface area contributed by atoms with Crippen LogP contribution in [0, 0.1) is 6.92 Å². The molecular formula is C23H17BrN2O4S. The van der Waals surface area contributed by atoms with Crippen LogP contribution in [-0.4, -0.2) is 24.5 Å². The third-order valence-electron chi connectivity index (χ3n) is 4.74. The molecule has 1 aromatic heterocycles. The van der Waals surface area contributed by atoms with Gasteiger partial charge in [-0.2, -0.15) is 0 Å². The number of hydrogen-bond acceptors (Lipinski definition) is 4. The van der Waals surface area contributed by atoms with Crippen LogP contribution in [0.2, 0.25) is 0 Å². The highest BCUT2D eigenvalue weighted by Gasteiger charge is 2.16. The molecule has 6 nitrogen and oxygen atoms in total. The Morgan fingerprint density at radius 3 is 2.45 bits per heavy atom. The Labute approximate surface area is 187 Å². The van der Waals surface area contributed by atoms with E-state index in [1.165, 1.54) is 6.07 Å². The van der Waals surface area contributed by atoms with Crippen molar-refractivity contribution in [1.29, 1.82) is 0 Å². The molecule has 31 heavy (non-hydrogen) atoms. The molecule has 156 valence electrons. The predicted octanol–water partition coefficient (Wildman–Crippen LogP) is 5.47. The molecule has 0 fully saturated rings. The lowest BCUT2D eigenvalue weighted by Crippen LogP contribution is -2.12. The van der Waals surface area contributed by atoms with Gasteiger partial charge in [-0.05, 0) is 55.5 Å². The van der Waals surface area contributed by atoms with Gasteiger partial charge < -0.3 is 5.11 Å². The van der Waals surface area contributed by atoms with Crippen LogP contribution in [0.4, 0.5) is 5.69 Å². The summed E-state index contributed by atoms with van der Waals surface area (Å²) in [6, 6.07) is 20.0. The molecule has 0 saturated carbocycles. The van der Waals surface area contributed by atoms with Gasteiger partial charge in [0.25, 0.3) is 10.0 Å². The number of rotatable bonds is 5. The molecule has 0 amide bonds. The maximum absolute atomic E-state index is 12.7. The third kappa shape index (κ3) is 4.45. The molecule has 0 aliphatic rings. The van der Waals surface area contributed by atoms with Crippen molar-refractivity contribution >= 4 is 48.5 Å². The average molecular weight is 497 g/mol. The van der Waals surface area contributed by atoms with Crippen LogP contribution in [0.1, 0.15) is 15.9 Å². The summed E-state index contributed by atoms with van der Waals surface area (Å²) in [4.78, 5) is 16.5. The van der Waals surface area contributed by atoms with E-state index < -0.39 is 16.0 Å². The number of sulfonamides is 1. The van der Waals surface area contributed by atoms with Crippen LogP contribution in [0.5, 0.6) is 0 Å². The molecule has 2 N–H and O–H groups in total. The van der Waals surface area contributed by atoms with Gasteiger partial charge in [-0.3, -0.25) is 4.72 Å². The highest BCUT2D eigenvalue weighted by Crippen LogP contribution is 2.29. The van der Waals surface area contributed by atoms with Gasteiger partial charge in [0, 0.05) is 21.1 Å². The van der Waals surface area contributed by atoms with Crippen molar-refractivity contribution in [3.8, 4) is 11.3 Å². The molecule has 0 aliphatic heterocycles. The molecule has 0 bridgehead atoms. The van der Waals surface area contributed by atoms with E-state index >= 15 is 0 Å². The number of carboxylic acid groups (broad SMARTS) is 1. The Hall–Kier alpha value is -3.23. The molecule has 4 aromatic rings. The summed E-state index contributed by atoms with van der Waals surface area (Å²) in [5, 5.41) is 10.2. The monoisotopic (exact) mass is 496 g/mol. The smallest absolute Gasteiger partial charge is 0.336 e. The molecule has 0 atom stereocenters. The van der Waals surface area contributed by atoms with E-state index in [2.05, 4.69) is 25.6 Å². The third-order valence-corrected chi connectivity index (χ3v) is 6.63. The van der Waals surface area contributed by atoms with Gasteiger partial charge in [0.05, 0.1) is 21.7 Å². The molecule has 0 saturated heterocycles. The normalized spacial score (nSPS) is 11.4. The number of aryl methyl sites for hydroxylation is 1. The first-order valence-corrected chi connectivity index (χ1v) is 11.5. The average Bonchev–Trinajstić information content (AvgIpc) is 2.73. The Morgan fingerprint density at radius 1 is 1.00 bits per heavy atom. The number of anilines is 1. The first-order valence-electron chi connectivity index (χ1n) is 9.26. The van der Waals surface area contributed by atoms with Crippen molar-refractivity contribution in [2.24, 2.45) is 0 Å². The number of nitrogens with one attached hydrogen (secondary N) is 1. The number of hydrogen-bond donors (Lipinski definition) is 2. The molecule has 1 heterocycles. The summed E-state index contributed by atoms with van der Waals surface area (Å²) in [7, 11) is -3.76. The lowest BCUT2D eigenvalue weighted by atomic mass is 10.0. The molecule has 0 unspecified atom stereocenters. The summed E-state index contributed by atoms with van der Waals surface area (Å²) >= 11 is 3.35. The predicted molar refractivity (Wildman–Crippen MR) is 124 cm³/mol. The van der Waals surface area contributed by atoms with Crippen molar-refractivity contribution in [3.05, 3.63) is 88.4 Å². The fourth-order valence-electron chi connectivity index (χ4n) is 3.20. The molecule has 0 spiro atoms. The van der Waals surface area contributed by atoms with Crippen LogP contribution < -0.4 is 4.72 Å². The molecule has 0 radical (unpaired) electrons. The lowest BCUT2D eigenvalue weighted by Gasteiger charge is -2.11. The van der Waals surface area contributed by atoms with Gasteiger partial charge in [0.2, 0.25) is 0 Å². The number of carbonyl (C=O) groups is 1. The standard InChI is InChI=1S/C23H17BrN2O4S/c1-14-5-8-18(9-6-14)31(29,30)26-17-4-2-3-15(11-17)22-13-20(23(27)28)19-12-16(24)7-10-21(19)25-22/h2-13,26H,1H3,(H,27,28). The largest absolute Gasteiger partial charge is 0.478 e. The van der Waals surface area contributed by atoms with Crippen LogP contribution in [0.3, 0.4) is 0 Å². The Bertz CT molecular complexity index is 1420. The number of halogens is 1. The topological polar surface area (TPSA) is 96.4 Å². The molecule has 8 heteroatoms. The highest BCUT2D eigenvalue weighted by atomic mass is 79.9. The second kappa shape index (κ2) is 8.13. The van der Waals surface area contributed by atoms with E-state index in [4.69, 9.17) is 0 Å². The first-order chi connectivity index (χ1) is 14.7. The fourth-order valence-corrected chi connectivity index (χ4v) is 4.61. The number of pyridine rings is 1. The molecule has 4 rings (SSSR count). The number of carboxylic acids is 1. The van der Waals surface area contributed by atoms with Gasteiger partial charge >= 0.3 is 5.97 Å². The summed E-state index contributed by atoms with van der Waals surface area (Å²) < 4.78 is 28.7. The van der Waals surface area contributed by atoms with Crippen LogP contribution in [-0.2, 0) is 10.0 Å². The zero-order valence-corrected chi connectivity index (χ0v) is 18.7. The van der Waals surface area contributed by atoms with Gasteiger partial charge in [0.15, 0.2) is 0 Å². The zero-order valence-electron chi connectivity index (χ0n) is 16.3. The maximum atomic E-state index is 12.7. The molecular weight excluding hydrogens is 480 g/mol. The highest BCUT2D eigenvalue weighted by molar-refractivity contribution is 9.10. The summed E-state index contributed by atoms with van der Waals surface area (Å²) in [6.45, 7) is 1.88. The second-order valence-corrected chi connectivity index (χ2v) is 9.62. The summed E-state index contributed by atoms with van der Waals surface area (Å²) in [5.41, 5.74) is 2.99. The van der Waals surface area contributed by atoms with Crippen LogP contribution in [0.25, 0.3) is 22.2 Å². The summed E-state index contributed by atoms with van der Waals surface area (Å²) in [6.07, 6.45) is 0. The van der Waals surface area contributed by atoms with E-state index in [1.807, 2.05) is 6.92 Å². The van der Waals surface area contributed by atoms with Crippen LogP contribution in [0.15, 0.2) is 82.2 Å². The van der Waals surface area contributed by atoms with Crippen molar-refractivity contribution in [1.82, 2.24) is 4.98 Å². The minimum Gasteiger partial charge on any atom is -0.478 e. The molecule has 0 aliphatic carbocycles. The van der Waals surface area contributed by atoms with Crippen LogP contribution >= 0.6 is 15.9 Å². The summed E-state index contributed by atoms with van der Waals surface area (Å²) in [5.74, 6) is -1.07. The van der Waals surface area contributed by atoms with Gasteiger partial charge in [0.1, 0.15) is 0 Å². The van der Waals surface area contributed by atoms with Crippen molar-refractivity contribution in [3.63, 3.8) is 0 Å². The Balaban J connectivity index is 1.75. The van der Waals surface area contributed by atoms with Gasteiger partial charge in [-0.25, -0.2) is 18.2 Å². The van der Waals surface area contributed by atoms with E-state index in [1.54, 1.807) is 66.7 Å². The van der Waals surface area contributed by atoms with E-state index in [-0.39, 0.29) is 10.5 Å². The van der Waals surface area contributed by atoms with E-state index in [0.29, 0.717) is 27.8 Å². The van der Waals surface area contributed by atoms with Gasteiger partial charge in [-0.1, -0.05) is 45.8 Å². The molecule has 3 aromatic carbocycles. The maximum Gasteiger partial charge on any atom is 0.336 e. The van der Waals surface area contributed by atoms with Crippen molar-refractivity contribution in [2.45, 2.75) is 11.8 Å². The van der Waals surface area contributed by atoms with Crippen molar-refractivity contribution in [2.75, 3.05) is 4.72 Å². The second-order valence-electron chi connectivity index (χ2n) is 7.02. The lowest BCUT2D eigenvalue weighted by molar-refractivity contribution is 0.0699. The first kappa shape index (κ1) is 21.0. The number of benzene rings is 3. The number of aromatic carboxylic acids is 1. The quantitative estimate of drug-likeness (QED) is 0.381. The fraction of sp³-hybridized carbons (Fsp3) is 0.0435. The van der Waals surface area contributed by atoms with Crippen molar-refractivity contribution < 1.29 is 18.3 Å². The Kier molecular flexibility index (Phi) is 5.51. The van der Waals surface area contributed by atoms with Gasteiger partial charge in [-0.15, -0.1) is 0 Å². The zero-order chi connectivity index (χ0) is 22.2. The number of aromatic nitrogens is 1.